The summed E-state index contributed by atoms with van der Waals surface area (Å²) in [6, 6.07) is 21.8. The van der Waals surface area contributed by atoms with E-state index in [1.807, 2.05) is 55.5 Å². The molecule has 164 valence electrons. The number of fused-ring (bicyclic) bond motifs is 6. The summed E-state index contributed by atoms with van der Waals surface area (Å²) in [5.74, 6) is 0.117. The third-order valence-electron chi connectivity index (χ3n) is 7.61. The van der Waals surface area contributed by atoms with E-state index in [0.717, 1.165) is 27.6 Å². The molecular weight excluding hydrogens is 410 g/mol. The minimum absolute atomic E-state index is 0.0109. The molecule has 1 saturated heterocycles. The van der Waals surface area contributed by atoms with Gasteiger partial charge in [0.2, 0.25) is 11.8 Å². The van der Waals surface area contributed by atoms with Crippen molar-refractivity contribution in [1.29, 1.82) is 0 Å². The van der Waals surface area contributed by atoms with Gasteiger partial charge in [-0.2, -0.15) is 0 Å². The first-order valence-electron chi connectivity index (χ1n) is 11.5. The molecule has 1 heterocycles. The maximum atomic E-state index is 13.6. The number of carbonyl (C=O) groups excluding carboxylic acids is 2. The normalized spacial score (nSPS) is 27.6. The molecule has 2 bridgehead atoms. The third-order valence-corrected chi connectivity index (χ3v) is 7.61. The molecule has 4 nitrogen and oxygen atoms in total. The van der Waals surface area contributed by atoms with Crippen molar-refractivity contribution in [2.75, 3.05) is 7.11 Å². The van der Waals surface area contributed by atoms with Crippen molar-refractivity contribution in [1.82, 2.24) is 4.90 Å². The number of imide groups is 1. The molecular formula is C29H25NO3. The summed E-state index contributed by atoms with van der Waals surface area (Å²) in [5.41, 5.74) is 3.25. The van der Waals surface area contributed by atoms with E-state index in [1.165, 1.54) is 10.5 Å². The predicted molar refractivity (Wildman–Crippen MR) is 128 cm³/mol. The van der Waals surface area contributed by atoms with Gasteiger partial charge in [0, 0.05) is 11.8 Å². The number of rotatable bonds is 4. The van der Waals surface area contributed by atoms with Crippen molar-refractivity contribution in [3.05, 3.63) is 95.6 Å². The number of allylic oxidation sites excluding steroid dienone is 3. The Labute approximate surface area is 193 Å². The molecule has 0 unspecified atom stereocenters. The van der Waals surface area contributed by atoms with Gasteiger partial charge in [-0.15, -0.1) is 0 Å². The molecule has 6 rings (SSSR count). The second kappa shape index (κ2) is 7.45. The lowest BCUT2D eigenvalue weighted by Gasteiger charge is -2.26. The Kier molecular flexibility index (Phi) is 4.51. The first kappa shape index (κ1) is 20.0. The maximum absolute atomic E-state index is 13.6. The Morgan fingerprint density at radius 1 is 0.848 bits per heavy atom. The Bertz CT molecular complexity index is 1300. The van der Waals surface area contributed by atoms with E-state index in [-0.39, 0.29) is 41.5 Å². The standard InChI is InChI=1S/C29H25NO3/c1-17(21-9-5-7-19-6-3-4-8-22(19)21)30-28(31)26-23-14-15-24(27(26)29(30)32)25(23)16-18-10-12-20(33-2)13-11-18/h3-17,23-24,26-27H,1-2H3/t17-,23-,24+,26+,27-/m0/s1. The van der Waals surface area contributed by atoms with Gasteiger partial charge in [-0.05, 0) is 41.0 Å². The van der Waals surface area contributed by atoms with Crippen LogP contribution in [-0.2, 0) is 9.59 Å². The molecule has 0 spiro atoms. The van der Waals surface area contributed by atoms with Crippen molar-refractivity contribution in [2.24, 2.45) is 23.7 Å². The van der Waals surface area contributed by atoms with Gasteiger partial charge in [0.05, 0.1) is 25.0 Å². The van der Waals surface area contributed by atoms with Gasteiger partial charge >= 0.3 is 0 Å². The fraction of sp³-hybridized carbons (Fsp3) is 0.241. The minimum atomic E-state index is -0.297. The lowest BCUT2D eigenvalue weighted by atomic mass is 9.85. The number of ether oxygens (including phenoxy) is 1. The Morgan fingerprint density at radius 2 is 1.48 bits per heavy atom. The Balaban J connectivity index is 1.33. The first-order valence-corrected chi connectivity index (χ1v) is 11.5. The van der Waals surface area contributed by atoms with Gasteiger partial charge in [0.1, 0.15) is 5.75 Å². The van der Waals surface area contributed by atoms with E-state index in [1.54, 1.807) is 7.11 Å². The zero-order valence-electron chi connectivity index (χ0n) is 18.6. The van der Waals surface area contributed by atoms with Gasteiger partial charge in [-0.25, -0.2) is 0 Å². The Morgan fingerprint density at radius 3 is 2.15 bits per heavy atom. The maximum Gasteiger partial charge on any atom is 0.234 e. The monoisotopic (exact) mass is 435 g/mol. The molecule has 3 aliphatic rings. The molecule has 0 radical (unpaired) electrons. The van der Waals surface area contributed by atoms with Crippen LogP contribution in [0, 0.1) is 23.7 Å². The molecule has 0 N–H and O–H groups in total. The molecule has 3 aromatic carbocycles. The molecule has 5 atom stereocenters. The van der Waals surface area contributed by atoms with E-state index >= 15 is 0 Å². The quantitative estimate of drug-likeness (QED) is 0.407. The second-order valence-electron chi connectivity index (χ2n) is 9.20. The fourth-order valence-corrected chi connectivity index (χ4v) is 6.05. The van der Waals surface area contributed by atoms with Gasteiger partial charge in [-0.3, -0.25) is 14.5 Å². The van der Waals surface area contributed by atoms with Crippen molar-refractivity contribution in [2.45, 2.75) is 13.0 Å². The second-order valence-corrected chi connectivity index (χ2v) is 9.20. The number of nitrogens with zero attached hydrogens (tertiary/aromatic N) is 1. The van der Waals surface area contributed by atoms with Crippen LogP contribution in [0.2, 0.25) is 0 Å². The zero-order valence-corrected chi connectivity index (χ0v) is 18.6. The van der Waals surface area contributed by atoms with E-state index in [4.69, 9.17) is 4.74 Å². The van der Waals surface area contributed by atoms with Crippen molar-refractivity contribution in [3.63, 3.8) is 0 Å². The highest BCUT2D eigenvalue weighted by Gasteiger charge is 2.62. The van der Waals surface area contributed by atoms with Crippen LogP contribution in [0.1, 0.15) is 24.1 Å². The molecule has 4 heteroatoms. The topological polar surface area (TPSA) is 46.6 Å². The van der Waals surface area contributed by atoms with Crippen LogP contribution in [0.4, 0.5) is 0 Å². The van der Waals surface area contributed by atoms with E-state index in [0.29, 0.717) is 0 Å². The average molecular weight is 436 g/mol. The summed E-state index contributed by atoms with van der Waals surface area (Å²) in [6.07, 6.45) is 6.39. The summed E-state index contributed by atoms with van der Waals surface area (Å²) >= 11 is 0. The lowest BCUT2D eigenvalue weighted by Crippen LogP contribution is -2.35. The van der Waals surface area contributed by atoms with E-state index in [2.05, 4.69) is 36.4 Å². The van der Waals surface area contributed by atoms with Crippen LogP contribution >= 0.6 is 0 Å². The van der Waals surface area contributed by atoms with Crippen molar-refractivity contribution < 1.29 is 14.3 Å². The molecule has 3 aromatic rings. The highest BCUT2D eigenvalue weighted by Crippen LogP contribution is 2.57. The van der Waals surface area contributed by atoms with Gasteiger partial charge in [0.15, 0.2) is 0 Å². The van der Waals surface area contributed by atoms with Crippen molar-refractivity contribution in [3.8, 4) is 5.75 Å². The highest BCUT2D eigenvalue weighted by molar-refractivity contribution is 6.08. The Hall–Kier alpha value is -3.66. The number of amides is 2. The average Bonchev–Trinajstić information content (AvgIpc) is 3.47. The van der Waals surface area contributed by atoms with Crippen LogP contribution < -0.4 is 4.74 Å². The van der Waals surface area contributed by atoms with Crippen LogP contribution in [0.5, 0.6) is 5.75 Å². The predicted octanol–water partition coefficient (Wildman–Crippen LogP) is 5.41. The van der Waals surface area contributed by atoms with Crippen molar-refractivity contribution >= 4 is 28.7 Å². The van der Waals surface area contributed by atoms with Crippen LogP contribution in [0.25, 0.3) is 16.8 Å². The molecule has 0 aromatic heterocycles. The third kappa shape index (κ3) is 2.90. The highest BCUT2D eigenvalue weighted by atomic mass is 16.5. The number of likely N-dealkylation sites (tertiary alicyclic amines) is 1. The van der Waals surface area contributed by atoms with Crippen LogP contribution in [-0.4, -0.2) is 23.8 Å². The van der Waals surface area contributed by atoms with Gasteiger partial charge < -0.3 is 4.74 Å². The lowest BCUT2D eigenvalue weighted by molar-refractivity contribution is -0.142. The largest absolute Gasteiger partial charge is 0.497 e. The van der Waals surface area contributed by atoms with E-state index < -0.39 is 0 Å². The summed E-state index contributed by atoms with van der Waals surface area (Å²) < 4.78 is 5.25. The molecule has 2 amide bonds. The number of methoxy groups -OCH3 is 1. The van der Waals surface area contributed by atoms with Gasteiger partial charge in [-0.1, -0.05) is 78.4 Å². The van der Waals surface area contributed by atoms with E-state index in [9.17, 15) is 9.59 Å². The molecule has 1 saturated carbocycles. The molecule has 2 fully saturated rings. The molecule has 33 heavy (non-hydrogen) atoms. The summed E-state index contributed by atoms with van der Waals surface area (Å²) in [5, 5.41) is 2.21. The molecule has 1 aliphatic heterocycles. The van der Waals surface area contributed by atoms with Gasteiger partial charge in [0.25, 0.3) is 0 Å². The number of carbonyl (C=O) groups is 2. The fourth-order valence-electron chi connectivity index (χ4n) is 6.05. The minimum Gasteiger partial charge on any atom is -0.497 e. The SMILES string of the molecule is COc1ccc(C=C2[C@H]3C=C[C@@H]2[C@H]2C(=O)N([C@@H](C)c4cccc5ccccc45)C(=O)[C@H]23)cc1. The molecule has 2 aliphatic carbocycles. The summed E-state index contributed by atoms with van der Waals surface area (Å²) in [7, 11) is 1.65. The number of hydrogen-bond donors (Lipinski definition) is 0. The van der Waals surface area contributed by atoms with Crippen LogP contribution in [0.15, 0.2) is 84.5 Å². The summed E-state index contributed by atoms with van der Waals surface area (Å²) in [4.78, 5) is 28.8. The van der Waals surface area contributed by atoms with Crippen LogP contribution in [0.3, 0.4) is 0 Å². The number of hydrogen-bond acceptors (Lipinski definition) is 3. The first-order chi connectivity index (χ1) is 16.1. The zero-order chi connectivity index (χ0) is 22.7. The smallest absolute Gasteiger partial charge is 0.234 e. The number of benzene rings is 3. The summed E-state index contributed by atoms with van der Waals surface area (Å²) in [6.45, 7) is 1.97.